The minimum atomic E-state index is -3.87. The third kappa shape index (κ3) is 4.40. The van der Waals surface area contributed by atoms with Crippen LogP contribution in [0, 0.1) is 0 Å². The first-order valence-electron chi connectivity index (χ1n) is 5.99. The van der Waals surface area contributed by atoms with Crippen LogP contribution in [0.1, 0.15) is 25.8 Å². The highest BCUT2D eigenvalue weighted by Crippen LogP contribution is 2.20. The summed E-state index contributed by atoms with van der Waals surface area (Å²) in [6.07, 6.45) is 1.24. The van der Waals surface area contributed by atoms with Gasteiger partial charge in [0.1, 0.15) is 0 Å². The lowest BCUT2D eigenvalue weighted by Crippen LogP contribution is -2.39. The van der Waals surface area contributed by atoms with Crippen LogP contribution in [0.2, 0.25) is 5.02 Å². The van der Waals surface area contributed by atoms with Gasteiger partial charge in [0.05, 0.1) is 4.90 Å². The van der Waals surface area contributed by atoms with Crippen molar-refractivity contribution in [3.63, 3.8) is 0 Å². The summed E-state index contributed by atoms with van der Waals surface area (Å²) in [4.78, 5) is 11.5. The van der Waals surface area contributed by atoms with Crippen LogP contribution in [0.15, 0.2) is 23.1 Å². The average Bonchev–Trinajstić information content (AvgIpc) is 2.35. The van der Waals surface area contributed by atoms with Crippen LogP contribution < -0.4 is 10.0 Å². The molecule has 0 heterocycles. The van der Waals surface area contributed by atoms with Crippen LogP contribution in [0.5, 0.6) is 0 Å². The molecule has 1 aromatic carbocycles. The number of carbonyl (C=O) groups excluding carboxylic acids is 1. The molecule has 0 atom stereocenters. The number of halogens is 1. The molecule has 0 aromatic heterocycles. The third-order valence-electron chi connectivity index (χ3n) is 2.46. The number of rotatable bonds is 5. The van der Waals surface area contributed by atoms with Crippen LogP contribution in [-0.2, 0) is 16.4 Å². The van der Waals surface area contributed by atoms with Gasteiger partial charge in [0.15, 0.2) is 0 Å². The number of sulfonamides is 1. The average molecular weight is 305 g/mol. The van der Waals surface area contributed by atoms with Gasteiger partial charge in [-0.1, -0.05) is 25.4 Å². The fraction of sp³-hybridized carbons (Fsp3) is 0.417. The second-order valence-corrected chi connectivity index (χ2v) is 6.05. The van der Waals surface area contributed by atoms with E-state index in [0.717, 1.165) is 6.42 Å². The molecule has 0 saturated carbocycles. The summed E-state index contributed by atoms with van der Waals surface area (Å²) in [5, 5.41) is 2.92. The lowest BCUT2D eigenvalue weighted by Gasteiger charge is -2.11. The Balaban J connectivity index is 2.97. The molecule has 2 amide bonds. The molecular weight excluding hydrogens is 288 g/mol. The highest BCUT2D eigenvalue weighted by molar-refractivity contribution is 7.90. The predicted octanol–water partition coefficient (Wildman–Crippen LogP) is 2.30. The topological polar surface area (TPSA) is 75.3 Å². The van der Waals surface area contributed by atoms with Gasteiger partial charge in [0.2, 0.25) is 0 Å². The maximum Gasteiger partial charge on any atom is 0.328 e. The minimum Gasteiger partial charge on any atom is -0.337 e. The van der Waals surface area contributed by atoms with Crippen LogP contribution in [0.3, 0.4) is 0 Å². The number of benzene rings is 1. The summed E-state index contributed by atoms with van der Waals surface area (Å²) in [6, 6.07) is 3.74. The number of hydrogen-bond acceptors (Lipinski definition) is 3. The van der Waals surface area contributed by atoms with Crippen LogP contribution in [0.25, 0.3) is 0 Å². The molecule has 0 aliphatic rings. The minimum absolute atomic E-state index is 0.0750. The Bertz CT molecular complexity index is 558. The maximum atomic E-state index is 12.1. The zero-order valence-corrected chi connectivity index (χ0v) is 12.4. The van der Waals surface area contributed by atoms with Crippen LogP contribution >= 0.6 is 11.6 Å². The van der Waals surface area contributed by atoms with E-state index in [2.05, 4.69) is 5.32 Å². The standard InChI is InChI=1S/C12H17ClN2O3S/c1-3-7-14-12(16)15-19(17,18)11-6-5-10(13)8-9(11)4-2/h5-6,8H,3-4,7H2,1-2H3,(H2,14,15,16). The zero-order chi connectivity index (χ0) is 14.5. The second kappa shape index (κ2) is 6.77. The van der Waals surface area contributed by atoms with E-state index in [-0.39, 0.29) is 4.90 Å². The van der Waals surface area contributed by atoms with Gasteiger partial charge in [0.25, 0.3) is 10.0 Å². The predicted molar refractivity (Wildman–Crippen MR) is 74.8 cm³/mol. The lowest BCUT2D eigenvalue weighted by molar-refractivity contribution is 0.246. The lowest BCUT2D eigenvalue weighted by atomic mass is 10.2. The monoisotopic (exact) mass is 304 g/mol. The second-order valence-electron chi connectivity index (χ2n) is 3.97. The van der Waals surface area contributed by atoms with Gasteiger partial charge in [-0.15, -0.1) is 0 Å². The molecule has 1 rings (SSSR count). The maximum absolute atomic E-state index is 12.1. The normalized spacial score (nSPS) is 11.1. The van der Waals surface area contributed by atoms with Crippen molar-refractivity contribution in [1.29, 1.82) is 0 Å². The van der Waals surface area contributed by atoms with E-state index in [0.29, 0.717) is 23.6 Å². The van der Waals surface area contributed by atoms with Crippen LogP contribution in [-0.4, -0.2) is 21.0 Å². The molecule has 0 bridgehead atoms. The molecule has 106 valence electrons. The fourth-order valence-corrected chi connectivity index (χ4v) is 2.95. The summed E-state index contributed by atoms with van der Waals surface area (Å²) in [5.74, 6) is 0. The Morgan fingerprint density at radius 3 is 2.58 bits per heavy atom. The number of aryl methyl sites for hydroxylation is 1. The van der Waals surface area contributed by atoms with Gasteiger partial charge >= 0.3 is 6.03 Å². The molecule has 5 nitrogen and oxygen atoms in total. The van der Waals surface area contributed by atoms with Crippen molar-refractivity contribution in [1.82, 2.24) is 10.0 Å². The molecule has 0 unspecified atom stereocenters. The molecule has 0 spiro atoms. The Labute approximate surface area is 118 Å². The largest absolute Gasteiger partial charge is 0.337 e. The van der Waals surface area contributed by atoms with Crippen LogP contribution in [0.4, 0.5) is 4.79 Å². The summed E-state index contributed by atoms with van der Waals surface area (Å²) in [7, 11) is -3.87. The van der Waals surface area contributed by atoms with Crippen molar-refractivity contribution in [3.8, 4) is 0 Å². The fourth-order valence-electron chi connectivity index (χ4n) is 1.54. The first-order valence-corrected chi connectivity index (χ1v) is 7.86. The molecule has 2 N–H and O–H groups in total. The third-order valence-corrected chi connectivity index (χ3v) is 4.12. The SMILES string of the molecule is CCCNC(=O)NS(=O)(=O)c1ccc(Cl)cc1CC. The molecule has 0 radical (unpaired) electrons. The van der Waals surface area contributed by atoms with E-state index in [4.69, 9.17) is 11.6 Å². The summed E-state index contributed by atoms with van der Waals surface area (Å²) in [5.41, 5.74) is 0.572. The van der Waals surface area contributed by atoms with E-state index in [1.165, 1.54) is 12.1 Å². The highest BCUT2D eigenvalue weighted by atomic mass is 35.5. The smallest absolute Gasteiger partial charge is 0.328 e. The highest BCUT2D eigenvalue weighted by Gasteiger charge is 2.20. The van der Waals surface area contributed by atoms with Crippen molar-refractivity contribution in [2.24, 2.45) is 0 Å². The van der Waals surface area contributed by atoms with Gasteiger partial charge < -0.3 is 5.32 Å². The van der Waals surface area contributed by atoms with Crippen molar-refractivity contribution in [3.05, 3.63) is 28.8 Å². The molecule has 7 heteroatoms. The van der Waals surface area contributed by atoms with Crippen molar-refractivity contribution < 1.29 is 13.2 Å². The molecule has 0 aliphatic heterocycles. The van der Waals surface area contributed by atoms with Gasteiger partial charge in [0, 0.05) is 11.6 Å². The van der Waals surface area contributed by atoms with E-state index in [1.807, 2.05) is 18.6 Å². The molecular formula is C12H17ClN2O3S. The number of nitrogens with one attached hydrogen (secondary N) is 2. The van der Waals surface area contributed by atoms with E-state index in [9.17, 15) is 13.2 Å². The number of urea groups is 1. The molecule has 1 aromatic rings. The Kier molecular flexibility index (Phi) is 5.62. The van der Waals surface area contributed by atoms with Crippen molar-refractivity contribution >= 4 is 27.7 Å². The Hall–Kier alpha value is -1.27. The summed E-state index contributed by atoms with van der Waals surface area (Å²) < 4.78 is 26.1. The summed E-state index contributed by atoms with van der Waals surface area (Å²) >= 11 is 5.83. The molecule has 0 fully saturated rings. The number of carbonyl (C=O) groups is 1. The first kappa shape index (κ1) is 15.8. The number of amides is 2. The van der Waals surface area contributed by atoms with Gasteiger partial charge in [-0.3, -0.25) is 0 Å². The van der Waals surface area contributed by atoms with E-state index < -0.39 is 16.1 Å². The number of hydrogen-bond donors (Lipinski definition) is 2. The molecule has 19 heavy (non-hydrogen) atoms. The quantitative estimate of drug-likeness (QED) is 0.876. The van der Waals surface area contributed by atoms with Gasteiger partial charge in [-0.2, -0.15) is 0 Å². The van der Waals surface area contributed by atoms with E-state index >= 15 is 0 Å². The zero-order valence-electron chi connectivity index (χ0n) is 10.9. The summed E-state index contributed by atoms with van der Waals surface area (Å²) in [6.45, 7) is 4.12. The Morgan fingerprint density at radius 1 is 1.32 bits per heavy atom. The molecule has 0 aliphatic carbocycles. The van der Waals surface area contributed by atoms with Crippen molar-refractivity contribution in [2.45, 2.75) is 31.6 Å². The van der Waals surface area contributed by atoms with Crippen molar-refractivity contribution in [2.75, 3.05) is 6.54 Å². The first-order chi connectivity index (χ1) is 8.90. The molecule has 0 saturated heterocycles. The van der Waals surface area contributed by atoms with E-state index in [1.54, 1.807) is 6.07 Å². The van der Waals surface area contributed by atoms with Gasteiger partial charge in [-0.05, 0) is 36.6 Å². The van der Waals surface area contributed by atoms with Gasteiger partial charge in [-0.25, -0.2) is 17.9 Å². The Morgan fingerprint density at radius 2 is 2.00 bits per heavy atom.